The molecule has 31 heavy (non-hydrogen) atoms. The lowest BCUT2D eigenvalue weighted by Crippen LogP contribution is -2.50. The Labute approximate surface area is 188 Å². The van der Waals surface area contributed by atoms with Crippen molar-refractivity contribution < 1.29 is 14.3 Å². The second-order valence-corrected chi connectivity index (χ2v) is 9.48. The van der Waals surface area contributed by atoms with Crippen molar-refractivity contribution in [2.24, 2.45) is 0 Å². The van der Waals surface area contributed by atoms with Gasteiger partial charge in [0.1, 0.15) is 12.3 Å². The number of aromatic nitrogens is 1. The van der Waals surface area contributed by atoms with E-state index in [0.717, 1.165) is 54.8 Å². The molecule has 1 aromatic heterocycles. The van der Waals surface area contributed by atoms with E-state index in [4.69, 9.17) is 9.72 Å². The third kappa shape index (κ3) is 4.61. The molecule has 2 aliphatic rings. The number of amides is 2. The zero-order valence-electron chi connectivity index (χ0n) is 18.6. The molecular formula is C24H31N3O3S. The van der Waals surface area contributed by atoms with E-state index in [1.54, 1.807) is 23.2 Å². The van der Waals surface area contributed by atoms with Crippen molar-refractivity contribution in [3.05, 3.63) is 28.6 Å². The van der Waals surface area contributed by atoms with E-state index < -0.39 is 6.10 Å². The first-order valence-electron chi connectivity index (χ1n) is 11.3. The first-order chi connectivity index (χ1) is 15.0. The molecule has 1 fully saturated rings. The number of likely N-dealkylation sites (N-methyl/N-ethyl adjacent to an activating group) is 1. The number of hydrogen-bond acceptors (Lipinski definition) is 5. The number of benzene rings is 1. The van der Waals surface area contributed by atoms with Crippen LogP contribution in [0.4, 0.5) is 5.69 Å². The summed E-state index contributed by atoms with van der Waals surface area (Å²) in [6.45, 7) is 3.91. The zero-order valence-corrected chi connectivity index (χ0v) is 19.4. The van der Waals surface area contributed by atoms with Gasteiger partial charge < -0.3 is 9.64 Å². The van der Waals surface area contributed by atoms with Crippen molar-refractivity contribution in [3.63, 3.8) is 0 Å². The van der Waals surface area contributed by atoms with Gasteiger partial charge in [0.2, 0.25) is 5.91 Å². The summed E-state index contributed by atoms with van der Waals surface area (Å²) in [5, 5.41) is 3.16. The number of fused-ring (bicyclic) bond motifs is 1. The SMILES string of the molecule is CCCc1nc(-c2ccc3c(c2)N(CC(=O)N(C)C2CCCCC2)C(=O)C(C)O3)cs1. The molecule has 1 atom stereocenters. The Balaban J connectivity index is 1.59. The van der Waals surface area contributed by atoms with Gasteiger partial charge in [0.25, 0.3) is 5.91 Å². The molecule has 1 aromatic carbocycles. The van der Waals surface area contributed by atoms with Gasteiger partial charge in [-0.2, -0.15) is 0 Å². The van der Waals surface area contributed by atoms with Gasteiger partial charge in [-0.3, -0.25) is 14.5 Å². The van der Waals surface area contributed by atoms with E-state index in [1.165, 1.54) is 6.42 Å². The molecule has 166 valence electrons. The number of carbonyl (C=O) groups is 2. The average molecular weight is 442 g/mol. The molecule has 2 heterocycles. The van der Waals surface area contributed by atoms with Crippen LogP contribution in [0.2, 0.25) is 0 Å². The Morgan fingerprint density at radius 2 is 2.06 bits per heavy atom. The normalized spacial score (nSPS) is 19.1. The fourth-order valence-electron chi connectivity index (χ4n) is 4.42. The summed E-state index contributed by atoms with van der Waals surface area (Å²) in [7, 11) is 1.87. The molecule has 2 aromatic rings. The lowest BCUT2D eigenvalue weighted by atomic mass is 9.94. The maximum atomic E-state index is 13.1. The number of nitrogens with zero attached hydrogens (tertiary/aromatic N) is 3. The maximum Gasteiger partial charge on any atom is 0.268 e. The van der Waals surface area contributed by atoms with Crippen molar-refractivity contribution in [3.8, 4) is 17.0 Å². The van der Waals surface area contributed by atoms with E-state index >= 15 is 0 Å². The lowest BCUT2D eigenvalue weighted by Gasteiger charge is -2.36. The average Bonchev–Trinajstić information content (AvgIpc) is 3.25. The van der Waals surface area contributed by atoms with Crippen molar-refractivity contribution >= 4 is 28.8 Å². The molecule has 1 aliphatic heterocycles. The molecule has 0 spiro atoms. The minimum atomic E-state index is -0.610. The van der Waals surface area contributed by atoms with Crippen LogP contribution in [0.1, 0.15) is 57.4 Å². The number of thiazole rings is 1. The van der Waals surface area contributed by atoms with E-state index in [-0.39, 0.29) is 24.4 Å². The summed E-state index contributed by atoms with van der Waals surface area (Å²) in [5.74, 6) is 0.428. The molecule has 1 saturated carbocycles. The fourth-order valence-corrected chi connectivity index (χ4v) is 5.33. The van der Waals surface area contributed by atoms with Crippen molar-refractivity contribution in [1.82, 2.24) is 9.88 Å². The summed E-state index contributed by atoms with van der Waals surface area (Å²) < 4.78 is 5.83. The summed E-state index contributed by atoms with van der Waals surface area (Å²) in [6.07, 6.45) is 7.06. The predicted octanol–water partition coefficient (Wildman–Crippen LogP) is 4.67. The summed E-state index contributed by atoms with van der Waals surface area (Å²) in [5.41, 5.74) is 2.48. The van der Waals surface area contributed by atoms with Crippen LogP contribution in [0.5, 0.6) is 5.75 Å². The lowest BCUT2D eigenvalue weighted by molar-refractivity contribution is -0.134. The fraction of sp³-hybridized carbons (Fsp3) is 0.542. The van der Waals surface area contributed by atoms with Gasteiger partial charge in [0.15, 0.2) is 6.10 Å². The molecule has 0 saturated heterocycles. The predicted molar refractivity (Wildman–Crippen MR) is 124 cm³/mol. The zero-order chi connectivity index (χ0) is 22.0. The largest absolute Gasteiger partial charge is 0.479 e. The number of hydrogen-bond donors (Lipinski definition) is 0. The third-order valence-electron chi connectivity index (χ3n) is 6.29. The van der Waals surface area contributed by atoms with Gasteiger partial charge in [-0.25, -0.2) is 4.98 Å². The Bertz CT molecular complexity index is 951. The van der Waals surface area contributed by atoms with Gasteiger partial charge in [0, 0.05) is 24.0 Å². The molecule has 0 bridgehead atoms. The molecule has 1 unspecified atom stereocenters. The highest BCUT2D eigenvalue weighted by Gasteiger charge is 2.34. The Morgan fingerprint density at radius 1 is 1.29 bits per heavy atom. The van der Waals surface area contributed by atoms with E-state index in [2.05, 4.69) is 6.92 Å². The molecule has 0 N–H and O–H groups in total. The standard InChI is InChI=1S/C24H31N3O3S/c1-4-8-22-25-19(15-31-22)17-11-12-21-20(13-17)27(24(29)16(2)30-21)14-23(28)26(3)18-9-6-5-7-10-18/h11-13,15-16,18H,4-10,14H2,1-3H3. The monoisotopic (exact) mass is 441 g/mol. The highest BCUT2D eigenvalue weighted by Crippen LogP contribution is 2.38. The van der Waals surface area contributed by atoms with Crippen LogP contribution in [0.3, 0.4) is 0 Å². The van der Waals surface area contributed by atoms with E-state index in [9.17, 15) is 9.59 Å². The molecular weight excluding hydrogens is 410 g/mol. The minimum absolute atomic E-state index is 0.0235. The first-order valence-corrected chi connectivity index (χ1v) is 12.2. The highest BCUT2D eigenvalue weighted by molar-refractivity contribution is 7.09. The molecule has 0 radical (unpaired) electrons. The van der Waals surface area contributed by atoms with Crippen molar-refractivity contribution in [2.75, 3.05) is 18.5 Å². The molecule has 7 heteroatoms. The van der Waals surface area contributed by atoms with E-state index in [1.807, 2.05) is 35.5 Å². The third-order valence-corrected chi connectivity index (χ3v) is 7.20. The van der Waals surface area contributed by atoms with Crippen LogP contribution in [0, 0.1) is 0 Å². The smallest absolute Gasteiger partial charge is 0.268 e. The van der Waals surface area contributed by atoms with Crippen LogP contribution in [-0.4, -0.2) is 47.4 Å². The Hall–Kier alpha value is -2.41. The Kier molecular flexibility index (Phi) is 6.60. The van der Waals surface area contributed by atoms with Gasteiger partial charge in [-0.1, -0.05) is 26.2 Å². The highest BCUT2D eigenvalue weighted by atomic mass is 32.1. The summed E-state index contributed by atoms with van der Waals surface area (Å²) in [4.78, 5) is 34.2. The van der Waals surface area contributed by atoms with Crippen LogP contribution < -0.4 is 9.64 Å². The maximum absolute atomic E-state index is 13.1. The quantitative estimate of drug-likeness (QED) is 0.654. The van der Waals surface area contributed by atoms with Gasteiger partial charge in [-0.05, 0) is 50.8 Å². The number of carbonyl (C=O) groups excluding carboxylic acids is 2. The topological polar surface area (TPSA) is 62.7 Å². The van der Waals surface area contributed by atoms with Crippen LogP contribution in [0.15, 0.2) is 23.6 Å². The number of ether oxygens (including phenoxy) is 1. The summed E-state index contributed by atoms with van der Waals surface area (Å²) >= 11 is 1.65. The van der Waals surface area contributed by atoms with Crippen molar-refractivity contribution in [2.45, 2.75) is 70.9 Å². The van der Waals surface area contributed by atoms with E-state index in [0.29, 0.717) is 11.4 Å². The number of anilines is 1. The summed E-state index contributed by atoms with van der Waals surface area (Å²) in [6, 6.07) is 6.06. The minimum Gasteiger partial charge on any atom is -0.479 e. The van der Waals surface area contributed by atoms with Crippen LogP contribution in [-0.2, 0) is 16.0 Å². The molecule has 4 rings (SSSR count). The first kappa shape index (κ1) is 21.8. The number of rotatable bonds is 6. The molecule has 6 nitrogen and oxygen atoms in total. The van der Waals surface area contributed by atoms with Gasteiger partial charge in [-0.15, -0.1) is 11.3 Å². The second-order valence-electron chi connectivity index (χ2n) is 8.54. The van der Waals surface area contributed by atoms with Gasteiger partial charge >= 0.3 is 0 Å². The molecule has 2 amide bonds. The van der Waals surface area contributed by atoms with Crippen LogP contribution >= 0.6 is 11.3 Å². The van der Waals surface area contributed by atoms with Crippen molar-refractivity contribution in [1.29, 1.82) is 0 Å². The Morgan fingerprint density at radius 3 is 2.81 bits per heavy atom. The van der Waals surface area contributed by atoms with Crippen LogP contribution in [0.25, 0.3) is 11.3 Å². The molecule has 1 aliphatic carbocycles. The second kappa shape index (κ2) is 9.39. The van der Waals surface area contributed by atoms with Gasteiger partial charge in [0.05, 0.1) is 16.4 Å². The number of aryl methyl sites for hydroxylation is 1.